The highest BCUT2D eigenvalue weighted by Gasteiger charge is 2.87. The Hall–Kier alpha value is -2.65. The van der Waals surface area contributed by atoms with Crippen LogP contribution in [0.4, 0.5) is 0 Å². The number of nitrogens with one attached hydrogen (secondary N) is 1. The predicted molar refractivity (Wildman–Crippen MR) is 105 cm³/mol. The lowest BCUT2D eigenvalue weighted by molar-refractivity contribution is -0.0205. The number of amides is 1. The van der Waals surface area contributed by atoms with Gasteiger partial charge in [0.25, 0.3) is 5.91 Å². The molecule has 3 aromatic rings. The molecule has 2 saturated carbocycles. The highest BCUT2D eigenvalue weighted by atomic mass is 32.2. The number of sulfone groups is 1. The molecule has 3 heterocycles. The first-order valence-corrected chi connectivity index (χ1v) is 11.6. The lowest BCUT2D eigenvalue weighted by Crippen LogP contribution is -2.33. The summed E-state index contributed by atoms with van der Waals surface area (Å²) in [5, 5.41) is 2.82. The van der Waals surface area contributed by atoms with Crippen molar-refractivity contribution in [1.29, 1.82) is 0 Å². The summed E-state index contributed by atoms with van der Waals surface area (Å²) in [4.78, 5) is 17.3. The Morgan fingerprint density at radius 2 is 2.00 bits per heavy atom. The van der Waals surface area contributed by atoms with E-state index in [0.29, 0.717) is 19.1 Å². The second kappa shape index (κ2) is 5.73. The van der Waals surface area contributed by atoms with E-state index >= 15 is 0 Å². The zero-order chi connectivity index (χ0) is 20.7. The number of ether oxygens (including phenoxy) is 1. The Bertz CT molecular complexity index is 1290. The first kappa shape index (κ1) is 18.1. The van der Waals surface area contributed by atoms with Crippen molar-refractivity contribution < 1.29 is 26.8 Å². The smallest absolute Gasteiger partial charge is 0.287 e. The maximum absolute atomic E-state index is 12.7. The number of furan rings is 1. The van der Waals surface area contributed by atoms with Gasteiger partial charge < -0.3 is 18.9 Å². The van der Waals surface area contributed by atoms with Crippen molar-refractivity contribution in [2.45, 2.75) is 35.8 Å². The van der Waals surface area contributed by atoms with Crippen LogP contribution in [0.15, 0.2) is 44.3 Å². The first-order chi connectivity index (χ1) is 14.3. The topological polar surface area (TPSA) is 112 Å². The largest absolute Gasteiger partial charge is 0.440 e. The Morgan fingerprint density at radius 3 is 2.73 bits per heavy atom. The summed E-state index contributed by atoms with van der Waals surface area (Å²) in [6, 6.07) is 8.61. The molecule has 30 heavy (non-hydrogen) atoms. The number of hydrogen-bond donors (Lipinski definition) is 1. The van der Waals surface area contributed by atoms with Gasteiger partial charge in [0.2, 0.25) is 20.8 Å². The van der Waals surface area contributed by atoms with Gasteiger partial charge >= 0.3 is 0 Å². The quantitative estimate of drug-likeness (QED) is 0.641. The molecule has 3 fully saturated rings. The van der Waals surface area contributed by atoms with Gasteiger partial charge in [0.1, 0.15) is 5.52 Å². The molecule has 1 aliphatic heterocycles. The molecule has 0 unspecified atom stereocenters. The fourth-order valence-corrected chi connectivity index (χ4v) is 5.83. The number of hydrogen-bond acceptors (Lipinski definition) is 7. The van der Waals surface area contributed by atoms with Crippen LogP contribution in [0, 0.1) is 12.8 Å². The molecule has 2 aliphatic carbocycles. The lowest BCUT2D eigenvalue weighted by atomic mass is 10.1. The lowest BCUT2D eigenvalue weighted by Gasteiger charge is -2.24. The molecule has 9 heteroatoms. The molecular weight excluding hydrogens is 408 g/mol. The molecule has 6 rings (SSSR count). The van der Waals surface area contributed by atoms with Crippen molar-refractivity contribution in [3.63, 3.8) is 0 Å². The van der Waals surface area contributed by atoms with Gasteiger partial charge in [-0.25, -0.2) is 13.4 Å². The summed E-state index contributed by atoms with van der Waals surface area (Å²) >= 11 is 0. The molecule has 0 bridgehead atoms. The highest BCUT2D eigenvalue weighted by molar-refractivity contribution is 7.91. The number of fused-ring (bicyclic) bond motifs is 2. The van der Waals surface area contributed by atoms with Crippen LogP contribution >= 0.6 is 0 Å². The maximum Gasteiger partial charge on any atom is 0.287 e. The number of rotatable bonds is 6. The molecule has 1 aromatic carbocycles. The van der Waals surface area contributed by atoms with Crippen molar-refractivity contribution in [3.05, 3.63) is 47.5 Å². The fraction of sp³-hybridized carbons (Fsp3) is 0.429. The summed E-state index contributed by atoms with van der Waals surface area (Å²) in [5.74, 6) is 0.165. The monoisotopic (exact) mass is 428 g/mol. The van der Waals surface area contributed by atoms with Crippen LogP contribution in [0.3, 0.4) is 0 Å². The SMILES string of the molecule is Cc1ccc2oc(C34CC3(NC(=O)c3ccc(S(=O)(=O)CC5COC5)o3)C4)nc2c1. The predicted octanol–water partition coefficient (Wildman–Crippen LogP) is 2.36. The third kappa shape index (κ3) is 2.58. The van der Waals surface area contributed by atoms with Gasteiger partial charge in [0, 0.05) is 5.92 Å². The third-order valence-electron chi connectivity index (χ3n) is 6.45. The van der Waals surface area contributed by atoms with Crippen molar-refractivity contribution >= 4 is 26.8 Å². The van der Waals surface area contributed by atoms with Crippen LogP contribution in [-0.4, -0.2) is 43.8 Å². The molecule has 156 valence electrons. The van der Waals surface area contributed by atoms with Crippen LogP contribution in [-0.2, 0) is 20.0 Å². The molecule has 1 N–H and O–H groups in total. The number of aryl methyl sites for hydroxylation is 1. The van der Waals surface area contributed by atoms with Gasteiger partial charge in [-0.15, -0.1) is 0 Å². The van der Waals surface area contributed by atoms with Gasteiger partial charge in [-0.1, -0.05) is 6.07 Å². The van der Waals surface area contributed by atoms with Crippen molar-refractivity contribution in [2.24, 2.45) is 5.92 Å². The fourth-order valence-electron chi connectivity index (χ4n) is 4.36. The molecular formula is C21H20N2O6S. The van der Waals surface area contributed by atoms with Crippen LogP contribution in [0.25, 0.3) is 11.1 Å². The van der Waals surface area contributed by atoms with E-state index in [1.165, 1.54) is 12.1 Å². The second-order valence-corrected chi connectivity index (χ2v) is 10.7. The zero-order valence-electron chi connectivity index (χ0n) is 16.3. The molecule has 1 saturated heterocycles. The molecule has 2 aromatic heterocycles. The first-order valence-electron chi connectivity index (χ1n) is 9.91. The van der Waals surface area contributed by atoms with E-state index in [2.05, 4.69) is 10.3 Å². The summed E-state index contributed by atoms with van der Waals surface area (Å²) in [6.45, 7) is 2.88. The Morgan fingerprint density at radius 1 is 1.20 bits per heavy atom. The minimum atomic E-state index is -3.58. The van der Waals surface area contributed by atoms with Gasteiger partial charge in [0.05, 0.1) is 29.9 Å². The minimum Gasteiger partial charge on any atom is -0.440 e. The number of carbonyl (C=O) groups excluding carboxylic acids is 1. The number of aromatic nitrogens is 1. The van der Waals surface area contributed by atoms with E-state index in [1.54, 1.807) is 0 Å². The van der Waals surface area contributed by atoms with E-state index in [-0.39, 0.29) is 33.5 Å². The molecule has 0 spiro atoms. The number of oxazole rings is 1. The summed E-state index contributed by atoms with van der Waals surface area (Å²) < 4.78 is 41.2. The van der Waals surface area contributed by atoms with Crippen LogP contribution in [0.2, 0.25) is 0 Å². The zero-order valence-corrected chi connectivity index (χ0v) is 17.1. The van der Waals surface area contributed by atoms with Crippen LogP contribution in [0.1, 0.15) is 34.9 Å². The highest BCUT2D eigenvalue weighted by Crippen LogP contribution is 2.78. The maximum atomic E-state index is 12.7. The number of carbonyl (C=O) groups is 1. The summed E-state index contributed by atoms with van der Waals surface area (Å²) in [7, 11) is -3.58. The minimum absolute atomic E-state index is 0.00583. The van der Waals surface area contributed by atoms with Crippen molar-refractivity contribution in [2.75, 3.05) is 19.0 Å². The van der Waals surface area contributed by atoms with E-state index in [4.69, 9.17) is 13.6 Å². The normalized spacial score (nSPS) is 27.5. The molecule has 1 amide bonds. The van der Waals surface area contributed by atoms with Crippen LogP contribution < -0.4 is 5.32 Å². The Balaban J connectivity index is 1.17. The average molecular weight is 428 g/mol. The third-order valence-corrected chi connectivity index (χ3v) is 8.20. The van der Waals surface area contributed by atoms with Gasteiger partial charge in [-0.05, 0) is 49.6 Å². The second-order valence-electron chi connectivity index (χ2n) is 8.77. The van der Waals surface area contributed by atoms with Gasteiger partial charge in [-0.3, -0.25) is 4.79 Å². The van der Waals surface area contributed by atoms with E-state index in [0.717, 1.165) is 29.5 Å². The number of nitrogens with zero attached hydrogens (tertiary/aromatic N) is 1. The van der Waals surface area contributed by atoms with E-state index < -0.39 is 15.7 Å². The van der Waals surface area contributed by atoms with Gasteiger partial charge in [0.15, 0.2) is 11.3 Å². The van der Waals surface area contributed by atoms with Crippen LogP contribution in [0.5, 0.6) is 0 Å². The number of benzene rings is 1. The van der Waals surface area contributed by atoms with Crippen molar-refractivity contribution in [1.82, 2.24) is 10.3 Å². The van der Waals surface area contributed by atoms with Crippen molar-refractivity contribution in [3.8, 4) is 0 Å². The average Bonchev–Trinajstić information content (AvgIpc) is 3.23. The van der Waals surface area contributed by atoms with E-state index in [1.807, 2.05) is 25.1 Å². The molecule has 0 atom stereocenters. The summed E-state index contributed by atoms with van der Waals surface area (Å²) in [5.41, 5.74) is 2.02. The standard InChI is InChI=1S/C21H20N2O6S/c1-12-2-3-15-14(6-12)22-19(29-15)20-10-21(20,11-20)23-18(24)16-4-5-17(28-16)30(25,26)9-13-7-27-8-13/h2-6,13H,7-11H2,1H3,(H,23,24). The van der Waals surface area contributed by atoms with E-state index in [9.17, 15) is 13.2 Å². The summed E-state index contributed by atoms with van der Waals surface area (Å²) in [6.07, 6.45) is 1.51. The molecule has 8 nitrogen and oxygen atoms in total. The Labute approximate surface area is 172 Å². The van der Waals surface area contributed by atoms with Gasteiger partial charge in [-0.2, -0.15) is 0 Å². The Kier molecular flexibility index (Phi) is 3.47. The molecule has 0 radical (unpaired) electrons. The molecule has 3 aliphatic rings.